The van der Waals surface area contributed by atoms with Gasteiger partial charge in [-0.1, -0.05) is 40.0 Å². The predicted octanol–water partition coefficient (Wildman–Crippen LogP) is 3.29. The molecule has 0 unspecified atom stereocenters. The van der Waals surface area contributed by atoms with Crippen LogP contribution in [0.25, 0.3) is 0 Å². The second-order valence-electron chi connectivity index (χ2n) is 5.30. The van der Waals surface area contributed by atoms with Crippen molar-refractivity contribution in [2.75, 3.05) is 13.1 Å². The SMILES string of the molecule is CCNCC(C)C.O=C(O)CC1CCCCC1. The fraction of sp³-hybridized carbons (Fsp3) is 0.929. The van der Waals surface area contributed by atoms with Crippen LogP contribution < -0.4 is 5.32 Å². The zero-order chi connectivity index (χ0) is 13.1. The van der Waals surface area contributed by atoms with E-state index >= 15 is 0 Å². The van der Waals surface area contributed by atoms with Gasteiger partial charge in [-0.15, -0.1) is 0 Å². The molecule has 2 N–H and O–H groups in total. The number of carboxylic acids is 1. The molecule has 0 aromatic carbocycles. The molecule has 0 bridgehead atoms. The minimum Gasteiger partial charge on any atom is -0.481 e. The summed E-state index contributed by atoms with van der Waals surface area (Å²) in [6, 6.07) is 0. The Morgan fingerprint density at radius 3 is 2.24 bits per heavy atom. The number of rotatable bonds is 5. The van der Waals surface area contributed by atoms with Gasteiger partial charge in [-0.3, -0.25) is 4.79 Å². The van der Waals surface area contributed by atoms with E-state index in [-0.39, 0.29) is 0 Å². The van der Waals surface area contributed by atoms with E-state index in [0.717, 1.165) is 31.8 Å². The smallest absolute Gasteiger partial charge is 0.303 e. The highest BCUT2D eigenvalue weighted by molar-refractivity contribution is 5.66. The molecule has 3 nitrogen and oxygen atoms in total. The van der Waals surface area contributed by atoms with Crippen LogP contribution in [0.1, 0.15) is 59.3 Å². The number of carbonyl (C=O) groups is 1. The highest BCUT2D eigenvalue weighted by Gasteiger charge is 2.15. The second kappa shape index (κ2) is 10.6. The van der Waals surface area contributed by atoms with Crippen LogP contribution in [0, 0.1) is 11.8 Å². The number of nitrogens with one attached hydrogen (secondary N) is 1. The molecule has 0 atom stereocenters. The minimum atomic E-state index is -0.632. The van der Waals surface area contributed by atoms with E-state index in [1.54, 1.807) is 0 Å². The van der Waals surface area contributed by atoms with E-state index in [0.29, 0.717) is 12.3 Å². The number of hydrogen-bond donors (Lipinski definition) is 2. The standard InChI is InChI=1S/C8H14O2.C6H15N/c9-8(10)6-7-4-2-1-3-5-7;1-4-7-5-6(2)3/h7H,1-6H2,(H,9,10);6-7H,4-5H2,1-3H3. The molecule has 0 aromatic rings. The van der Waals surface area contributed by atoms with Gasteiger partial charge in [0.1, 0.15) is 0 Å². The molecular formula is C14H29NO2. The first kappa shape index (κ1) is 16.4. The lowest BCUT2D eigenvalue weighted by Crippen LogP contribution is -2.18. The van der Waals surface area contributed by atoms with Gasteiger partial charge in [0.15, 0.2) is 0 Å². The summed E-state index contributed by atoms with van der Waals surface area (Å²) in [7, 11) is 0. The van der Waals surface area contributed by atoms with Gasteiger partial charge in [0, 0.05) is 6.42 Å². The van der Waals surface area contributed by atoms with Crippen molar-refractivity contribution in [1.82, 2.24) is 5.32 Å². The van der Waals surface area contributed by atoms with Crippen LogP contribution in [0.15, 0.2) is 0 Å². The van der Waals surface area contributed by atoms with Crippen LogP contribution in [-0.2, 0) is 4.79 Å². The Labute approximate surface area is 106 Å². The number of hydrogen-bond acceptors (Lipinski definition) is 2. The Bertz CT molecular complexity index is 187. The van der Waals surface area contributed by atoms with Gasteiger partial charge in [0.2, 0.25) is 0 Å². The summed E-state index contributed by atoms with van der Waals surface area (Å²) < 4.78 is 0. The summed E-state index contributed by atoms with van der Waals surface area (Å²) in [4.78, 5) is 10.3. The van der Waals surface area contributed by atoms with Gasteiger partial charge >= 0.3 is 5.97 Å². The number of aliphatic carboxylic acids is 1. The van der Waals surface area contributed by atoms with E-state index in [1.807, 2.05) is 0 Å². The molecule has 1 rings (SSSR count). The number of carboxylic acid groups (broad SMARTS) is 1. The van der Waals surface area contributed by atoms with Crippen LogP contribution >= 0.6 is 0 Å². The maximum atomic E-state index is 10.3. The molecular weight excluding hydrogens is 214 g/mol. The van der Waals surface area contributed by atoms with E-state index in [4.69, 9.17) is 5.11 Å². The fourth-order valence-corrected chi connectivity index (χ4v) is 2.07. The predicted molar refractivity (Wildman–Crippen MR) is 72.2 cm³/mol. The maximum Gasteiger partial charge on any atom is 0.303 e. The summed E-state index contributed by atoms with van der Waals surface area (Å²) in [6.07, 6.45) is 6.42. The van der Waals surface area contributed by atoms with Crippen LogP contribution in [0.5, 0.6) is 0 Å². The zero-order valence-electron chi connectivity index (χ0n) is 11.7. The first-order chi connectivity index (χ1) is 8.06. The summed E-state index contributed by atoms with van der Waals surface area (Å²) in [5.41, 5.74) is 0. The van der Waals surface area contributed by atoms with Gasteiger partial charge in [-0.05, 0) is 37.8 Å². The van der Waals surface area contributed by atoms with Crippen LogP contribution in [-0.4, -0.2) is 24.2 Å². The topological polar surface area (TPSA) is 49.3 Å². The summed E-state index contributed by atoms with van der Waals surface area (Å²) in [5.74, 6) is 0.637. The molecule has 102 valence electrons. The third-order valence-corrected chi connectivity index (χ3v) is 2.99. The van der Waals surface area contributed by atoms with Gasteiger partial charge < -0.3 is 10.4 Å². The minimum absolute atomic E-state index is 0.389. The summed E-state index contributed by atoms with van der Waals surface area (Å²) in [6.45, 7) is 8.79. The molecule has 3 heteroatoms. The molecule has 17 heavy (non-hydrogen) atoms. The van der Waals surface area contributed by atoms with Gasteiger partial charge in [-0.2, -0.15) is 0 Å². The average molecular weight is 243 g/mol. The molecule has 0 spiro atoms. The second-order valence-corrected chi connectivity index (χ2v) is 5.30. The molecule has 0 radical (unpaired) electrons. The van der Waals surface area contributed by atoms with Crippen molar-refractivity contribution >= 4 is 5.97 Å². The van der Waals surface area contributed by atoms with E-state index in [2.05, 4.69) is 26.1 Å². The lowest BCUT2D eigenvalue weighted by atomic mass is 9.87. The highest BCUT2D eigenvalue weighted by atomic mass is 16.4. The summed E-state index contributed by atoms with van der Waals surface area (Å²) >= 11 is 0. The fourth-order valence-electron chi connectivity index (χ4n) is 2.07. The Morgan fingerprint density at radius 2 is 1.88 bits per heavy atom. The van der Waals surface area contributed by atoms with Crippen molar-refractivity contribution in [1.29, 1.82) is 0 Å². The molecule has 0 amide bonds. The molecule has 1 aliphatic rings. The van der Waals surface area contributed by atoms with Gasteiger partial charge in [0.25, 0.3) is 0 Å². The van der Waals surface area contributed by atoms with Crippen molar-refractivity contribution in [3.05, 3.63) is 0 Å². The Kier molecular flexibility index (Phi) is 10.2. The lowest BCUT2D eigenvalue weighted by molar-refractivity contribution is -0.138. The zero-order valence-corrected chi connectivity index (χ0v) is 11.7. The van der Waals surface area contributed by atoms with Gasteiger partial charge in [-0.25, -0.2) is 0 Å². The third kappa shape index (κ3) is 11.7. The van der Waals surface area contributed by atoms with E-state index < -0.39 is 5.97 Å². The largest absolute Gasteiger partial charge is 0.481 e. The Balaban J connectivity index is 0.000000325. The molecule has 1 saturated carbocycles. The normalized spacial score (nSPS) is 16.5. The average Bonchev–Trinajstić information content (AvgIpc) is 2.27. The Hall–Kier alpha value is -0.570. The van der Waals surface area contributed by atoms with Crippen molar-refractivity contribution < 1.29 is 9.90 Å². The monoisotopic (exact) mass is 243 g/mol. The molecule has 0 aromatic heterocycles. The Morgan fingerprint density at radius 1 is 1.29 bits per heavy atom. The molecule has 0 aliphatic heterocycles. The van der Waals surface area contributed by atoms with Crippen LogP contribution in [0.2, 0.25) is 0 Å². The van der Waals surface area contributed by atoms with Crippen LogP contribution in [0.4, 0.5) is 0 Å². The first-order valence-corrected chi connectivity index (χ1v) is 6.98. The van der Waals surface area contributed by atoms with Crippen molar-refractivity contribution in [3.63, 3.8) is 0 Å². The molecule has 0 heterocycles. The quantitative estimate of drug-likeness (QED) is 0.779. The molecule has 1 fully saturated rings. The van der Waals surface area contributed by atoms with E-state index in [9.17, 15) is 4.79 Å². The molecule has 0 saturated heterocycles. The van der Waals surface area contributed by atoms with Gasteiger partial charge in [0.05, 0.1) is 0 Å². The first-order valence-electron chi connectivity index (χ1n) is 6.98. The van der Waals surface area contributed by atoms with Crippen molar-refractivity contribution in [2.45, 2.75) is 59.3 Å². The lowest BCUT2D eigenvalue weighted by Gasteiger charge is -2.18. The molecule has 1 aliphatic carbocycles. The van der Waals surface area contributed by atoms with Crippen LogP contribution in [0.3, 0.4) is 0 Å². The highest BCUT2D eigenvalue weighted by Crippen LogP contribution is 2.25. The van der Waals surface area contributed by atoms with E-state index in [1.165, 1.54) is 19.3 Å². The third-order valence-electron chi connectivity index (χ3n) is 2.99. The van der Waals surface area contributed by atoms with Crippen molar-refractivity contribution in [3.8, 4) is 0 Å². The maximum absolute atomic E-state index is 10.3. The summed E-state index contributed by atoms with van der Waals surface area (Å²) in [5, 5.41) is 11.7. The van der Waals surface area contributed by atoms with Crippen molar-refractivity contribution in [2.24, 2.45) is 11.8 Å².